The zero-order chi connectivity index (χ0) is 23.4. The quantitative estimate of drug-likeness (QED) is 0.395. The van der Waals surface area contributed by atoms with Gasteiger partial charge in [-0.25, -0.2) is 8.42 Å². The first kappa shape index (κ1) is 23.0. The van der Waals surface area contributed by atoms with Gasteiger partial charge >= 0.3 is 0 Å². The van der Waals surface area contributed by atoms with Crippen molar-refractivity contribution in [2.24, 2.45) is 0 Å². The molecule has 2 heterocycles. The number of aliphatic hydroxyl groups is 1. The first-order chi connectivity index (χ1) is 15.8. The molecule has 1 fully saturated rings. The second-order valence-electron chi connectivity index (χ2n) is 7.31. The standard InChI is InChI=1S/C20H23N3O9S/c24-15(12-30-16-2-4-18-19(10-16)32-13-31-18)11-21-17-3-1-14(23(25)26)9-20(17)33(27,28)22-5-7-29-8-6-22/h1-4,9-10,15,21,24H,5-8,11-13H2. The minimum Gasteiger partial charge on any atom is -0.491 e. The number of morpholine rings is 1. The van der Waals surface area contributed by atoms with Gasteiger partial charge in [0.25, 0.3) is 5.69 Å². The Hall–Kier alpha value is -3.13. The Morgan fingerprint density at radius 2 is 1.91 bits per heavy atom. The average molecular weight is 481 g/mol. The SMILES string of the molecule is O=[N+]([O-])c1ccc(NCC(O)COc2ccc3c(c2)OCO3)c(S(=O)(=O)N2CCOCC2)c1. The van der Waals surface area contributed by atoms with Crippen molar-refractivity contribution in [3.05, 3.63) is 46.5 Å². The van der Waals surface area contributed by atoms with Crippen LogP contribution in [0.2, 0.25) is 0 Å². The number of nitrogens with one attached hydrogen (secondary N) is 1. The van der Waals surface area contributed by atoms with Gasteiger partial charge < -0.3 is 29.4 Å². The van der Waals surface area contributed by atoms with Gasteiger partial charge in [0, 0.05) is 37.8 Å². The van der Waals surface area contributed by atoms with Crippen molar-refractivity contribution in [1.82, 2.24) is 4.31 Å². The minimum absolute atomic E-state index is 0.0476. The normalized spacial score (nSPS) is 16.9. The molecule has 4 rings (SSSR count). The van der Waals surface area contributed by atoms with E-state index in [2.05, 4.69) is 5.32 Å². The zero-order valence-electron chi connectivity index (χ0n) is 17.5. The molecule has 1 unspecified atom stereocenters. The fraction of sp³-hybridized carbons (Fsp3) is 0.400. The maximum Gasteiger partial charge on any atom is 0.270 e. The van der Waals surface area contributed by atoms with Crippen molar-refractivity contribution >= 4 is 21.4 Å². The number of benzene rings is 2. The Morgan fingerprint density at radius 1 is 1.15 bits per heavy atom. The van der Waals surface area contributed by atoms with E-state index >= 15 is 0 Å². The molecule has 0 spiro atoms. The van der Waals surface area contributed by atoms with Gasteiger partial charge in [0.2, 0.25) is 16.8 Å². The van der Waals surface area contributed by atoms with Crippen LogP contribution in [0.15, 0.2) is 41.3 Å². The molecule has 1 atom stereocenters. The van der Waals surface area contributed by atoms with Gasteiger partial charge in [-0.15, -0.1) is 0 Å². The van der Waals surface area contributed by atoms with Crippen LogP contribution in [0.3, 0.4) is 0 Å². The molecule has 0 amide bonds. The van der Waals surface area contributed by atoms with Crippen LogP contribution in [-0.2, 0) is 14.8 Å². The summed E-state index contributed by atoms with van der Waals surface area (Å²) in [4.78, 5) is 10.3. The molecule has 0 bridgehead atoms. The van der Waals surface area contributed by atoms with Gasteiger partial charge in [0.05, 0.1) is 23.8 Å². The summed E-state index contributed by atoms with van der Waals surface area (Å²) in [5, 5.41) is 24.4. The van der Waals surface area contributed by atoms with Crippen molar-refractivity contribution in [2.45, 2.75) is 11.0 Å². The number of sulfonamides is 1. The number of hydrogen-bond donors (Lipinski definition) is 2. The second-order valence-corrected chi connectivity index (χ2v) is 9.22. The number of rotatable bonds is 9. The molecule has 2 aromatic rings. The van der Waals surface area contributed by atoms with Crippen LogP contribution in [0.1, 0.15) is 0 Å². The van der Waals surface area contributed by atoms with Gasteiger partial charge in [0.15, 0.2) is 11.5 Å². The summed E-state index contributed by atoms with van der Waals surface area (Å²) in [6, 6.07) is 8.56. The van der Waals surface area contributed by atoms with Crippen LogP contribution in [0, 0.1) is 10.1 Å². The van der Waals surface area contributed by atoms with Gasteiger partial charge in [-0.2, -0.15) is 4.31 Å². The lowest BCUT2D eigenvalue weighted by molar-refractivity contribution is -0.385. The Kier molecular flexibility index (Phi) is 6.83. The summed E-state index contributed by atoms with van der Waals surface area (Å²) in [6.07, 6.45) is -0.996. The highest BCUT2D eigenvalue weighted by Crippen LogP contribution is 2.35. The summed E-state index contributed by atoms with van der Waals surface area (Å²) in [7, 11) is -4.01. The Balaban J connectivity index is 1.44. The fourth-order valence-corrected chi connectivity index (χ4v) is 4.95. The van der Waals surface area contributed by atoms with Crippen molar-refractivity contribution in [2.75, 3.05) is 51.6 Å². The second kappa shape index (κ2) is 9.79. The summed E-state index contributed by atoms with van der Waals surface area (Å²) in [5.74, 6) is 1.63. The van der Waals surface area contributed by atoms with E-state index in [0.717, 1.165) is 6.07 Å². The third-order valence-corrected chi connectivity index (χ3v) is 7.02. The number of ether oxygens (including phenoxy) is 4. The lowest BCUT2D eigenvalue weighted by atomic mass is 10.2. The van der Waals surface area contributed by atoms with Crippen LogP contribution in [0.5, 0.6) is 17.2 Å². The molecule has 0 radical (unpaired) electrons. The molecule has 13 heteroatoms. The third-order valence-electron chi connectivity index (χ3n) is 5.08. The van der Waals surface area contributed by atoms with E-state index in [1.165, 1.54) is 16.4 Å². The molecule has 2 N–H and O–H groups in total. The molecule has 0 aliphatic carbocycles. The number of nitro groups is 1. The molecule has 33 heavy (non-hydrogen) atoms. The van der Waals surface area contributed by atoms with E-state index < -0.39 is 21.1 Å². The van der Waals surface area contributed by atoms with Gasteiger partial charge in [-0.3, -0.25) is 10.1 Å². The monoisotopic (exact) mass is 481 g/mol. The van der Waals surface area contributed by atoms with Gasteiger partial charge in [0.1, 0.15) is 23.4 Å². The summed E-state index contributed by atoms with van der Waals surface area (Å²) in [6.45, 7) is 0.794. The number of fused-ring (bicyclic) bond motifs is 1. The first-order valence-electron chi connectivity index (χ1n) is 10.2. The summed E-state index contributed by atoms with van der Waals surface area (Å²) < 4.78 is 48.8. The maximum atomic E-state index is 13.1. The summed E-state index contributed by atoms with van der Waals surface area (Å²) >= 11 is 0. The molecule has 2 aliphatic rings. The molecule has 2 aromatic carbocycles. The number of anilines is 1. The third kappa shape index (κ3) is 5.27. The predicted octanol–water partition coefficient (Wildman–Crippen LogP) is 1.20. The van der Waals surface area contributed by atoms with Gasteiger partial charge in [-0.05, 0) is 18.2 Å². The van der Waals surface area contributed by atoms with E-state index in [-0.39, 0.29) is 62.5 Å². The van der Waals surface area contributed by atoms with Crippen LogP contribution in [0.4, 0.5) is 11.4 Å². The highest BCUT2D eigenvalue weighted by Gasteiger charge is 2.30. The Bertz CT molecular complexity index is 1120. The number of aliphatic hydroxyl groups excluding tert-OH is 1. The zero-order valence-corrected chi connectivity index (χ0v) is 18.3. The van der Waals surface area contributed by atoms with Crippen LogP contribution < -0.4 is 19.5 Å². The highest BCUT2D eigenvalue weighted by atomic mass is 32.2. The molecular weight excluding hydrogens is 458 g/mol. The predicted molar refractivity (Wildman–Crippen MR) is 115 cm³/mol. The van der Waals surface area contributed by atoms with Crippen molar-refractivity contribution in [1.29, 1.82) is 0 Å². The number of hydrogen-bond acceptors (Lipinski definition) is 10. The smallest absolute Gasteiger partial charge is 0.270 e. The molecule has 12 nitrogen and oxygen atoms in total. The van der Waals surface area contributed by atoms with E-state index in [1.54, 1.807) is 18.2 Å². The van der Waals surface area contributed by atoms with Crippen molar-refractivity contribution in [3.63, 3.8) is 0 Å². The molecule has 1 saturated heterocycles. The Morgan fingerprint density at radius 3 is 2.67 bits per heavy atom. The summed E-state index contributed by atoms with van der Waals surface area (Å²) in [5.41, 5.74) is -0.201. The van der Waals surface area contributed by atoms with Crippen molar-refractivity contribution in [3.8, 4) is 17.2 Å². The number of nitro benzene ring substituents is 1. The number of nitrogens with zero attached hydrogens (tertiary/aromatic N) is 2. The van der Waals surface area contributed by atoms with Crippen LogP contribution in [-0.4, -0.2) is 75.1 Å². The largest absolute Gasteiger partial charge is 0.491 e. The maximum absolute atomic E-state index is 13.1. The van der Waals surface area contributed by atoms with Crippen LogP contribution >= 0.6 is 0 Å². The molecule has 178 valence electrons. The minimum atomic E-state index is -4.01. The Labute approximate surface area is 189 Å². The van der Waals surface area contributed by atoms with E-state index in [1.807, 2.05) is 0 Å². The fourth-order valence-electron chi connectivity index (χ4n) is 3.36. The molecule has 2 aliphatic heterocycles. The van der Waals surface area contributed by atoms with E-state index in [4.69, 9.17) is 18.9 Å². The lowest BCUT2D eigenvalue weighted by Gasteiger charge is -2.27. The van der Waals surface area contributed by atoms with Crippen LogP contribution in [0.25, 0.3) is 0 Å². The van der Waals surface area contributed by atoms with E-state index in [9.17, 15) is 23.6 Å². The topological polar surface area (TPSA) is 150 Å². The molecule has 0 saturated carbocycles. The number of non-ortho nitro benzene ring substituents is 1. The lowest BCUT2D eigenvalue weighted by Crippen LogP contribution is -2.41. The highest BCUT2D eigenvalue weighted by molar-refractivity contribution is 7.89. The first-order valence-corrected chi connectivity index (χ1v) is 11.6. The van der Waals surface area contributed by atoms with Crippen molar-refractivity contribution < 1.29 is 37.4 Å². The average Bonchev–Trinajstić information content (AvgIpc) is 3.29. The molecule has 0 aromatic heterocycles. The molecular formula is C20H23N3O9S. The van der Waals surface area contributed by atoms with E-state index in [0.29, 0.717) is 17.2 Å². The van der Waals surface area contributed by atoms with Gasteiger partial charge in [-0.1, -0.05) is 0 Å².